The Hall–Kier alpha value is -5.60. The van der Waals surface area contributed by atoms with Gasteiger partial charge in [-0.15, -0.1) is 0 Å². The molecule has 1 heterocycles. The molecule has 0 saturated heterocycles. The van der Waals surface area contributed by atoms with Gasteiger partial charge in [-0.05, 0) is 81.2 Å². The van der Waals surface area contributed by atoms with E-state index in [1.807, 2.05) is 12.1 Å². The van der Waals surface area contributed by atoms with Crippen LogP contribution in [-0.4, -0.2) is 0 Å². The Labute approximate surface area is 262 Å². The van der Waals surface area contributed by atoms with Crippen LogP contribution >= 0.6 is 0 Å². The van der Waals surface area contributed by atoms with Crippen molar-refractivity contribution in [3.8, 4) is 22.3 Å². The fourth-order valence-corrected chi connectivity index (χ4v) is 7.53. The van der Waals surface area contributed by atoms with E-state index < -0.39 is 0 Å². The minimum absolute atomic E-state index is 0.145. The number of hydrogen-bond donors (Lipinski definition) is 0. The molecular weight excluding hydrogens is 546 g/mol. The van der Waals surface area contributed by atoms with Crippen LogP contribution < -0.4 is 4.90 Å². The zero-order chi connectivity index (χ0) is 30.1. The number of hydrogen-bond acceptors (Lipinski definition) is 2. The maximum absolute atomic E-state index is 6.10. The molecule has 1 aromatic heterocycles. The minimum Gasteiger partial charge on any atom is -0.456 e. The van der Waals surface area contributed by atoms with Crippen molar-refractivity contribution < 1.29 is 4.42 Å². The SMILES string of the molecule is CC1(C)c2ccccc2-c2cccc(N(c3ccc(-c4ccc5oc6ccccc6c5c4)cc3)c3cccc4ccccc34)c21. The zero-order valence-corrected chi connectivity index (χ0v) is 25.3. The molecule has 0 spiro atoms. The predicted molar refractivity (Wildman–Crippen MR) is 189 cm³/mol. The fourth-order valence-electron chi connectivity index (χ4n) is 7.53. The fraction of sp³-hybridized carbons (Fsp3) is 0.0698. The third kappa shape index (κ3) is 3.89. The van der Waals surface area contributed by atoms with E-state index in [9.17, 15) is 0 Å². The van der Waals surface area contributed by atoms with Gasteiger partial charge in [0, 0.05) is 27.3 Å². The summed E-state index contributed by atoms with van der Waals surface area (Å²) in [5.41, 5.74) is 12.9. The highest BCUT2D eigenvalue weighted by atomic mass is 16.3. The Morgan fingerprint density at radius 1 is 0.489 bits per heavy atom. The van der Waals surface area contributed by atoms with Gasteiger partial charge in [0.2, 0.25) is 0 Å². The van der Waals surface area contributed by atoms with Crippen molar-refractivity contribution in [2.75, 3.05) is 4.90 Å². The van der Waals surface area contributed by atoms with E-state index in [0.717, 1.165) is 27.6 Å². The van der Waals surface area contributed by atoms with Crippen LogP contribution in [0.15, 0.2) is 156 Å². The van der Waals surface area contributed by atoms with Crippen LogP contribution in [0.25, 0.3) is 55.0 Å². The average Bonchev–Trinajstić information content (AvgIpc) is 3.57. The highest BCUT2D eigenvalue weighted by Crippen LogP contribution is 2.54. The summed E-state index contributed by atoms with van der Waals surface area (Å²) < 4.78 is 6.10. The zero-order valence-electron chi connectivity index (χ0n) is 25.3. The van der Waals surface area contributed by atoms with Crippen LogP contribution in [0.2, 0.25) is 0 Å². The van der Waals surface area contributed by atoms with Gasteiger partial charge in [0.1, 0.15) is 11.2 Å². The monoisotopic (exact) mass is 577 g/mol. The van der Waals surface area contributed by atoms with E-state index in [1.165, 1.54) is 55.5 Å². The summed E-state index contributed by atoms with van der Waals surface area (Å²) in [4.78, 5) is 2.46. The van der Waals surface area contributed by atoms with Crippen molar-refractivity contribution in [2.45, 2.75) is 19.3 Å². The molecule has 2 nitrogen and oxygen atoms in total. The first-order valence-corrected chi connectivity index (χ1v) is 15.6. The van der Waals surface area contributed by atoms with Gasteiger partial charge in [-0.3, -0.25) is 0 Å². The third-order valence-corrected chi connectivity index (χ3v) is 9.64. The summed E-state index contributed by atoms with van der Waals surface area (Å²) in [7, 11) is 0. The van der Waals surface area contributed by atoms with E-state index in [1.54, 1.807) is 0 Å². The molecule has 0 radical (unpaired) electrons. The second kappa shape index (κ2) is 9.70. The summed E-state index contributed by atoms with van der Waals surface area (Å²) in [6, 6.07) is 54.8. The van der Waals surface area contributed by atoms with Crippen molar-refractivity contribution in [3.63, 3.8) is 0 Å². The third-order valence-electron chi connectivity index (χ3n) is 9.64. The molecule has 0 aliphatic heterocycles. The normalized spacial score (nSPS) is 13.3. The molecule has 45 heavy (non-hydrogen) atoms. The van der Waals surface area contributed by atoms with E-state index in [4.69, 9.17) is 4.42 Å². The Morgan fingerprint density at radius 2 is 1.13 bits per heavy atom. The maximum atomic E-state index is 6.10. The second-order valence-electron chi connectivity index (χ2n) is 12.6. The van der Waals surface area contributed by atoms with E-state index in [0.29, 0.717) is 0 Å². The lowest BCUT2D eigenvalue weighted by molar-refractivity contribution is 0.661. The number of anilines is 3. The molecular formula is C43H31NO. The Bertz CT molecular complexity index is 2410. The minimum atomic E-state index is -0.145. The van der Waals surface area contributed by atoms with Gasteiger partial charge >= 0.3 is 0 Å². The second-order valence-corrected chi connectivity index (χ2v) is 12.6. The van der Waals surface area contributed by atoms with Crippen molar-refractivity contribution in [2.24, 2.45) is 0 Å². The van der Waals surface area contributed by atoms with Gasteiger partial charge < -0.3 is 9.32 Å². The van der Waals surface area contributed by atoms with Crippen LogP contribution in [-0.2, 0) is 5.41 Å². The lowest BCUT2D eigenvalue weighted by Crippen LogP contribution is -2.20. The Morgan fingerprint density at radius 3 is 2.02 bits per heavy atom. The molecule has 8 aromatic rings. The Balaban J connectivity index is 1.23. The molecule has 0 atom stereocenters. The summed E-state index contributed by atoms with van der Waals surface area (Å²) in [6.07, 6.45) is 0. The van der Waals surface area contributed by atoms with Crippen LogP contribution in [0.5, 0.6) is 0 Å². The standard InChI is InChI=1S/C43H31NO/c1-43(2)37-17-7-5-14-33(37)35-16-10-19-39(42(35)43)44(38-18-9-12-29-11-3-4-13-32(29)38)31-24-21-28(22-25-31)30-23-26-41-36(27-30)34-15-6-8-20-40(34)45-41/h3-27H,1-2H3. The lowest BCUT2D eigenvalue weighted by Gasteiger charge is -2.33. The molecule has 2 heteroatoms. The van der Waals surface area contributed by atoms with Crippen LogP contribution in [0.1, 0.15) is 25.0 Å². The van der Waals surface area contributed by atoms with Gasteiger partial charge in [0.15, 0.2) is 0 Å². The summed E-state index contributed by atoms with van der Waals surface area (Å²) in [5.74, 6) is 0. The number of para-hydroxylation sites is 1. The average molecular weight is 578 g/mol. The molecule has 0 fully saturated rings. The number of fused-ring (bicyclic) bond motifs is 7. The first-order chi connectivity index (χ1) is 22.1. The molecule has 214 valence electrons. The van der Waals surface area contributed by atoms with Crippen LogP contribution in [0.3, 0.4) is 0 Å². The maximum Gasteiger partial charge on any atom is 0.135 e. The predicted octanol–water partition coefficient (Wildman–Crippen LogP) is 12.2. The molecule has 0 unspecified atom stereocenters. The number of benzene rings is 7. The van der Waals surface area contributed by atoms with Crippen molar-refractivity contribution in [1.29, 1.82) is 0 Å². The molecule has 1 aliphatic carbocycles. The lowest BCUT2D eigenvalue weighted by atomic mass is 9.81. The smallest absolute Gasteiger partial charge is 0.135 e. The van der Waals surface area contributed by atoms with Crippen LogP contribution in [0.4, 0.5) is 17.1 Å². The van der Waals surface area contributed by atoms with Gasteiger partial charge in [-0.1, -0.05) is 123 Å². The number of nitrogens with zero attached hydrogens (tertiary/aromatic N) is 1. The largest absolute Gasteiger partial charge is 0.456 e. The van der Waals surface area contributed by atoms with Crippen LogP contribution in [0, 0.1) is 0 Å². The number of rotatable bonds is 4. The summed E-state index contributed by atoms with van der Waals surface area (Å²) in [5, 5.41) is 4.75. The molecule has 0 saturated carbocycles. The summed E-state index contributed by atoms with van der Waals surface area (Å²) in [6.45, 7) is 4.72. The molecule has 0 N–H and O–H groups in total. The first kappa shape index (κ1) is 25.9. The van der Waals surface area contributed by atoms with Crippen molar-refractivity contribution in [1.82, 2.24) is 0 Å². The quantitative estimate of drug-likeness (QED) is 0.207. The van der Waals surface area contributed by atoms with E-state index in [-0.39, 0.29) is 5.41 Å². The van der Waals surface area contributed by atoms with Crippen molar-refractivity contribution >= 4 is 49.8 Å². The highest BCUT2D eigenvalue weighted by Gasteiger charge is 2.38. The molecule has 9 rings (SSSR count). The molecule has 0 amide bonds. The molecule has 0 bridgehead atoms. The van der Waals surface area contributed by atoms with Crippen molar-refractivity contribution in [3.05, 3.63) is 163 Å². The van der Waals surface area contributed by atoms with Gasteiger partial charge in [-0.25, -0.2) is 0 Å². The molecule has 7 aromatic carbocycles. The van der Waals surface area contributed by atoms with E-state index in [2.05, 4.69) is 158 Å². The highest BCUT2D eigenvalue weighted by molar-refractivity contribution is 6.06. The topological polar surface area (TPSA) is 16.4 Å². The summed E-state index contributed by atoms with van der Waals surface area (Å²) >= 11 is 0. The first-order valence-electron chi connectivity index (χ1n) is 15.6. The van der Waals surface area contributed by atoms with E-state index >= 15 is 0 Å². The van der Waals surface area contributed by atoms with Gasteiger partial charge in [0.05, 0.1) is 11.4 Å². The Kier molecular flexibility index (Phi) is 5.58. The number of furan rings is 1. The van der Waals surface area contributed by atoms with Gasteiger partial charge in [-0.2, -0.15) is 0 Å². The van der Waals surface area contributed by atoms with Gasteiger partial charge in [0.25, 0.3) is 0 Å². The molecule has 1 aliphatic rings.